The number of rotatable bonds is 4. The van der Waals surface area contributed by atoms with E-state index in [2.05, 4.69) is 5.32 Å². The first kappa shape index (κ1) is 13.6. The normalized spacial score (nSPS) is 27.5. The molecule has 3 atom stereocenters. The zero-order valence-corrected chi connectivity index (χ0v) is 12.3. The third-order valence-corrected chi connectivity index (χ3v) is 4.82. The highest BCUT2D eigenvalue weighted by molar-refractivity contribution is 7.80. The van der Waals surface area contributed by atoms with Crippen molar-refractivity contribution in [1.82, 2.24) is 0 Å². The summed E-state index contributed by atoms with van der Waals surface area (Å²) in [6.07, 6.45) is 5.49. The summed E-state index contributed by atoms with van der Waals surface area (Å²) in [7, 11) is 0. The number of amides is 1. The van der Waals surface area contributed by atoms with Gasteiger partial charge in [0.2, 0.25) is 5.91 Å². The fourth-order valence-electron chi connectivity index (χ4n) is 3.71. The zero-order valence-electron chi connectivity index (χ0n) is 11.5. The van der Waals surface area contributed by atoms with Gasteiger partial charge in [-0.25, -0.2) is 0 Å². The molecule has 2 bridgehead atoms. The molecule has 3 N–H and O–H groups in total. The van der Waals surface area contributed by atoms with E-state index in [1.165, 1.54) is 19.3 Å². The molecule has 1 aromatic carbocycles. The maximum atomic E-state index is 12.3. The van der Waals surface area contributed by atoms with Crippen LogP contribution < -0.4 is 11.1 Å². The Labute approximate surface area is 124 Å². The number of nitrogens with one attached hydrogen (secondary N) is 1. The van der Waals surface area contributed by atoms with Crippen molar-refractivity contribution in [2.75, 3.05) is 5.32 Å². The Morgan fingerprint density at radius 1 is 1.25 bits per heavy atom. The van der Waals surface area contributed by atoms with E-state index in [0.717, 1.165) is 23.6 Å². The number of thiocarbonyl (C=S) groups is 1. The highest BCUT2D eigenvalue weighted by Gasteiger charge is 2.42. The minimum Gasteiger partial charge on any atom is -0.393 e. The first-order valence-corrected chi connectivity index (χ1v) is 7.71. The number of anilines is 1. The van der Waals surface area contributed by atoms with E-state index in [0.29, 0.717) is 17.3 Å². The fourth-order valence-corrected chi connectivity index (χ4v) is 3.87. The second-order valence-corrected chi connectivity index (χ2v) is 6.63. The molecule has 3 nitrogen and oxygen atoms in total. The molecule has 3 unspecified atom stereocenters. The Morgan fingerprint density at radius 2 is 2.00 bits per heavy atom. The summed E-state index contributed by atoms with van der Waals surface area (Å²) in [5, 5.41) is 3.05. The van der Waals surface area contributed by atoms with Crippen molar-refractivity contribution in [3.63, 3.8) is 0 Å². The van der Waals surface area contributed by atoms with E-state index in [1.807, 2.05) is 24.3 Å². The van der Waals surface area contributed by atoms with Crippen LogP contribution in [0.2, 0.25) is 0 Å². The van der Waals surface area contributed by atoms with Gasteiger partial charge < -0.3 is 11.1 Å². The fraction of sp³-hybridized carbons (Fsp3) is 0.500. The van der Waals surface area contributed by atoms with Gasteiger partial charge in [0.05, 0.1) is 4.99 Å². The summed E-state index contributed by atoms with van der Waals surface area (Å²) < 4.78 is 0. The van der Waals surface area contributed by atoms with Crippen LogP contribution >= 0.6 is 12.2 Å². The molecule has 0 aliphatic heterocycles. The van der Waals surface area contributed by atoms with Gasteiger partial charge in [-0.3, -0.25) is 4.79 Å². The van der Waals surface area contributed by atoms with Crippen LogP contribution in [0.4, 0.5) is 5.69 Å². The Morgan fingerprint density at radius 3 is 2.55 bits per heavy atom. The maximum Gasteiger partial charge on any atom is 0.227 e. The summed E-state index contributed by atoms with van der Waals surface area (Å²) >= 11 is 4.89. The molecule has 2 saturated carbocycles. The van der Waals surface area contributed by atoms with E-state index < -0.39 is 0 Å². The first-order chi connectivity index (χ1) is 9.61. The number of nitrogens with two attached hydrogens (primary N) is 1. The van der Waals surface area contributed by atoms with Crippen LogP contribution in [0.15, 0.2) is 24.3 Å². The average Bonchev–Trinajstić information content (AvgIpc) is 3.03. The maximum absolute atomic E-state index is 12.3. The third kappa shape index (κ3) is 2.85. The number of carbonyl (C=O) groups is 1. The van der Waals surface area contributed by atoms with Gasteiger partial charge >= 0.3 is 0 Å². The van der Waals surface area contributed by atoms with Crippen molar-refractivity contribution >= 4 is 28.8 Å². The van der Waals surface area contributed by atoms with Crippen LogP contribution in [-0.2, 0) is 11.2 Å². The van der Waals surface area contributed by atoms with Crippen LogP contribution in [-0.4, -0.2) is 10.9 Å². The molecule has 1 aromatic rings. The van der Waals surface area contributed by atoms with Gasteiger partial charge in [-0.05, 0) is 48.8 Å². The van der Waals surface area contributed by atoms with E-state index in [9.17, 15) is 4.79 Å². The van der Waals surface area contributed by atoms with Crippen molar-refractivity contribution < 1.29 is 4.79 Å². The summed E-state index contributed by atoms with van der Waals surface area (Å²) in [4.78, 5) is 12.8. The smallest absolute Gasteiger partial charge is 0.227 e. The lowest BCUT2D eigenvalue weighted by Crippen LogP contribution is -2.27. The molecule has 106 valence electrons. The van der Waals surface area contributed by atoms with Gasteiger partial charge in [-0.15, -0.1) is 0 Å². The average molecular weight is 288 g/mol. The Hall–Kier alpha value is -1.42. The van der Waals surface area contributed by atoms with Crippen LogP contribution in [0, 0.1) is 17.8 Å². The third-order valence-electron chi connectivity index (χ3n) is 4.67. The van der Waals surface area contributed by atoms with E-state index in [-0.39, 0.29) is 11.8 Å². The molecule has 2 fully saturated rings. The topological polar surface area (TPSA) is 55.1 Å². The second kappa shape index (κ2) is 5.52. The van der Waals surface area contributed by atoms with E-state index in [1.54, 1.807) is 0 Å². The monoisotopic (exact) mass is 288 g/mol. The van der Waals surface area contributed by atoms with Crippen LogP contribution in [0.5, 0.6) is 0 Å². The Bertz CT molecular complexity index is 526. The van der Waals surface area contributed by atoms with Crippen molar-refractivity contribution in [2.24, 2.45) is 23.5 Å². The molecule has 0 saturated heterocycles. The molecular formula is C16H20N2OS. The van der Waals surface area contributed by atoms with E-state index in [4.69, 9.17) is 18.0 Å². The van der Waals surface area contributed by atoms with Gasteiger partial charge in [0.25, 0.3) is 0 Å². The molecule has 0 aromatic heterocycles. The van der Waals surface area contributed by atoms with Gasteiger partial charge in [0.1, 0.15) is 0 Å². The Kier molecular flexibility index (Phi) is 3.74. The first-order valence-electron chi connectivity index (χ1n) is 7.30. The van der Waals surface area contributed by atoms with Crippen LogP contribution in [0.3, 0.4) is 0 Å². The minimum atomic E-state index is 0.194. The SMILES string of the molecule is NC(=S)Cc1ccc(NC(=O)C2CC3CCC2C3)cc1. The number of fused-ring (bicyclic) bond motifs is 2. The molecule has 4 heteroatoms. The van der Waals surface area contributed by atoms with Gasteiger partial charge in [0, 0.05) is 18.0 Å². The van der Waals surface area contributed by atoms with Crippen molar-refractivity contribution in [2.45, 2.75) is 32.1 Å². The Balaban J connectivity index is 1.60. The lowest BCUT2D eigenvalue weighted by Gasteiger charge is -2.20. The van der Waals surface area contributed by atoms with Crippen molar-refractivity contribution in [3.05, 3.63) is 29.8 Å². The summed E-state index contributed by atoms with van der Waals surface area (Å²) in [6, 6.07) is 7.79. The molecule has 20 heavy (non-hydrogen) atoms. The largest absolute Gasteiger partial charge is 0.393 e. The summed E-state index contributed by atoms with van der Waals surface area (Å²) in [5.41, 5.74) is 7.47. The van der Waals surface area contributed by atoms with Crippen molar-refractivity contribution in [3.8, 4) is 0 Å². The molecule has 0 radical (unpaired) electrons. The summed E-state index contributed by atoms with van der Waals surface area (Å²) in [5.74, 6) is 1.84. The predicted molar refractivity (Wildman–Crippen MR) is 84.5 cm³/mol. The molecule has 3 rings (SSSR count). The predicted octanol–water partition coefficient (Wildman–Crippen LogP) is 2.89. The molecule has 0 spiro atoms. The number of hydrogen-bond donors (Lipinski definition) is 2. The molecule has 0 heterocycles. The summed E-state index contributed by atoms with van der Waals surface area (Å²) in [6.45, 7) is 0. The lowest BCUT2D eigenvalue weighted by atomic mass is 9.88. The minimum absolute atomic E-state index is 0.194. The number of benzene rings is 1. The lowest BCUT2D eigenvalue weighted by molar-refractivity contribution is -0.121. The molecule has 2 aliphatic carbocycles. The standard InChI is InChI=1S/C16H20N2OS/c17-15(20)9-10-2-5-13(6-3-10)18-16(19)14-8-11-1-4-12(14)7-11/h2-3,5-6,11-12,14H,1,4,7-9H2,(H2,17,20)(H,18,19). The van der Waals surface area contributed by atoms with E-state index >= 15 is 0 Å². The van der Waals surface area contributed by atoms with Crippen LogP contribution in [0.1, 0.15) is 31.2 Å². The number of carbonyl (C=O) groups excluding carboxylic acids is 1. The highest BCUT2D eigenvalue weighted by atomic mass is 32.1. The van der Waals surface area contributed by atoms with Crippen LogP contribution in [0.25, 0.3) is 0 Å². The highest BCUT2D eigenvalue weighted by Crippen LogP contribution is 2.48. The van der Waals surface area contributed by atoms with Gasteiger partial charge in [-0.2, -0.15) is 0 Å². The van der Waals surface area contributed by atoms with Gasteiger partial charge in [-0.1, -0.05) is 30.8 Å². The van der Waals surface area contributed by atoms with Gasteiger partial charge in [0.15, 0.2) is 0 Å². The quantitative estimate of drug-likeness (QED) is 0.838. The van der Waals surface area contributed by atoms with Crippen molar-refractivity contribution in [1.29, 1.82) is 0 Å². The zero-order chi connectivity index (χ0) is 14.1. The molecular weight excluding hydrogens is 268 g/mol. The molecule has 2 aliphatic rings. The number of hydrogen-bond acceptors (Lipinski definition) is 2. The molecule has 1 amide bonds. The second-order valence-electron chi connectivity index (χ2n) is 6.11.